The van der Waals surface area contributed by atoms with E-state index >= 15 is 0 Å². The molecule has 0 radical (unpaired) electrons. The fraction of sp³-hybridized carbons (Fsp3) is 1.00. The molecule has 2 aliphatic rings. The first-order chi connectivity index (χ1) is 8.07. The predicted octanol–water partition coefficient (Wildman–Crippen LogP) is 1.32. The minimum Gasteiger partial charge on any atom is -0.329 e. The van der Waals surface area contributed by atoms with E-state index in [1.54, 1.807) is 11.2 Å². The van der Waals surface area contributed by atoms with Gasteiger partial charge in [0.05, 0.1) is 5.25 Å². The van der Waals surface area contributed by atoms with Crippen LogP contribution < -0.4 is 5.73 Å². The molecule has 0 amide bonds. The van der Waals surface area contributed by atoms with Crippen LogP contribution in [0.25, 0.3) is 0 Å². The van der Waals surface area contributed by atoms with Crippen molar-refractivity contribution in [2.45, 2.75) is 56.7 Å². The van der Waals surface area contributed by atoms with Gasteiger partial charge in [-0.15, -0.1) is 0 Å². The quantitative estimate of drug-likeness (QED) is 0.829. The maximum Gasteiger partial charge on any atom is 0.218 e. The molecule has 5 heteroatoms. The van der Waals surface area contributed by atoms with Crippen molar-refractivity contribution in [1.29, 1.82) is 0 Å². The molecule has 2 N–H and O–H groups in total. The molecule has 2 rings (SSSR count). The molecule has 1 aliphatic carbocycles. The molecule has 0 aromatic carbocycles. The van der Waals surface area contributed by atoms with Gasteiger partial charge in [0.2, 0.25) is 10.0 Å². The minimum atomic E-state index is -3.17. The van der Waals surface area contributed by atoms with Crippen molar-refractivity contribution in [2.24, 2.45) is 11.7 Å². The monoisotopic (exact) mass is 260 g/mol. The third kappa shape index (κ3) is 2.51. The van der Waals surface area contributed by atoms with Gasteiger partial charge in [0, 0.05) is 19.1 Å². The Labute approximate surface area is 105 Å². The molecule has 1 saturated heterocycles. The van der Waals surface area contributed by atoms with Gasteiger partial charge in [-0.1, -0.05) is 12.8 Å². The zero-order valence-corrected chi connectivity index (χ0v) is 11.5. The lowest BCUT2D eigenvalue weighted by Crippen LogP contribution is -2.45. The van der Waals surface area contributed by atoms with E-state index < -0.39 is 15.3 Å². The average molecular weight is 260 g/mol. The first-order valence-corrected chi connectivity index (χ1v) is 8.28. The molecule has 2 unspecified atom stereocenters. The SMILES string of the molecule is CC(CN)S(=O)(=O)N1CCCC1C1CCCC1. The van der Waals surface area contributed by atoms with Crippen molar-refractivity contribution in [3.05, 3.63) is 0 Å². The van der Waals surface area contributed by atoms with E-state index in [1.807, 2.05) is 0 Å². The third-order valence-corrected chi connectivity index (χ3v) is 6.68. The number of hydrogen-bond acceptors (Lipinski definition) is 3. The van der Waals surface area contributed by atoms with E-state index in [0.717, 1.165) is 12.8 Å². The van der Waals surface area contributed by atoms with Crippen LogP contribution in [0.5, 0.6) is 0 Å². The van der Waals surface area contributed by atoms with Crippen LogP contribution in [0.3, 0.4) is 0 Å². The summed E-state index contributed by atoms with van der Waals surface area (Å²) in [5.41, 5.74) is 5.52. The van der Waals surface area contributed by atoms with Gasteiger partial charge in [0.15, 0.2) is 0 Å². The van der Waals surface area contributed by atoms with Crippen molar-refractivity contribution in [1.82, 2.24) is 4.31 Å². The largest absolute Gasteiger partial charge is 0.329 e. The summed E-state index contributed by atoms with van der Waals surface area (Å²) >= 11 is 0. The van der Waals surface area contributed by atoms with E-state index in [2.05, 4.69) is 0 Å². The van der Waals surface area contributed by atoms with Crippen molar-refractivity contribution in [3.63, 3.8) is 0 Å². The molecule has 1 saturated carbocycles. The van der Waals surface area contributed by atoms with Crippen molar-refractivity contribution < 1.29 is 8.42 Å². The number of sulfonamides is 1. The summed E-state index contributed by atoms with van der Waals surface area (Å²) < 4.78 is 26.5. The lowest BCUT2D eigenvalue weighted by Gasteiger charge is -2.30. The van der Waals surface area contributed by atoms with Crippen LogP contribution in [0.1, 0.15) is 45.4 Å². The van der Waals surface area contributed by atoms with Gasteiger partial charge < -0.3 is 5.73 Å². The Morgan fingerprint density at radius 1 is 1.24 bits per heavy atom. The first-order valence-electron chi connectivity index (χ1n) is 6.78. The van der Waals surface area contributed by atoms with Gasteiger partial charge in [-0.2, -0.15) is 4.31 Å². The maximum atomic E-state index is 12.4. The summed E-state index contributed by atoms with van der Waals surface area (Å²) in [5.74, 6) is 0.595. The van der Waals surface area contributed by atoms with E-state index in [9.17, 15) is 8.42 Å². The van der Waals surface area contributed by atoms with Crippen LogP contribution in [0.15, 0.2) is 0 Å². The summed E-state index contributed by atoms with van der Waals surface area (Å²) in [5, 5.41) is -0.440. The Morgan fingerprint density at radius 2 is 1.88 bits per heavy atom. The van der Waals surface area contributed by atoms with Gasteiger partial charge in [-0.3, -0.25) is 0 Å². The Morgan fingerprint density at radius 3 is 2.47 bits per heavy atom. The molecule has 2 fully saturated rings. The Hall–Kier alpha value is -0.130. The second kappa shape index (κ2) is 5.24. The molecular formula is C12H24N2O2S. The highest BCUT2D eigenvalue weighted by molar-refractivity contribution is 7.89. The van der Waals surface area contributed by atoms with Gasteiger partial charge in [0.1, 0.15) is 0 Å². The molecule has 2 atom stereocenters. The molecular weight excluding hydrogens is 236 g/mol. The van der Waals surface area contributed by atoms with Gasteiger partial charge in [0.25, 0.3) is 0 Å². The Kier molecular flexibility index (Phi) is 4.10. The second-order valence-electron chi connectivity index (χ2n) is 5.46. The van der Waals surface area contributed by atoms with E-state index in [1.165, 1.54) is 25.7 Å². The maximum absolute atomic E-state index is 12.4. The summed E-state index contributed by atoms with van der Waals surface area (Å²) in [6.07, 6.45) is 6.99. The molecule has 100 valence electrons. The van der Waals surface area contributed by atoms with Crippen LogP contribution in [-0.4, -0.2) is 37.1 Å². The lowest BCUT2D eigenvalue weighted by atomic mass is 9.97. The van der Waals surface area contributed by atoms with Crippen molar-refractivity contribution in [3.8, 4) is 0 Å². The van der Waals surface area contributed by atoms with Crippen LogP contribution in [0.4, 0.5) is 0 Å². The van der Waals surface area contributed by atoms with E-state index in [-0.39, 0.29) is 12.6 Å². The summed E-state index contributed by atoms with van der Waals surface area (Å²) in [6, 6.07) is 0.261. The van der Waals surface area contributed by atoms with Crippen molar-refractivity contribution >= 4 is 10.0 Å². The molecule has 1 aliphatic heterocycles. The van der Waals surface area contributed by atoms with Crippen LogP contribution in [0, 0.1) is 5.92 Å². The molecule has 0 bridgehead atoms. The second-order valence-corrected chi connectivity index (χ2v) is 7.76. The number of rotatable bonds is 4. The summed E-state index contributed by atoms with van der Waals surface area (Å²) in [4.78, 5) is 0. The molecule has 0 spiro atoms. The number of nitrogens with two attached hydrogens (primary N) is 1. The normalized spacial score (nSPS) is 29.9. The van der Waals surface area contributed by atoms with E-state index in [4.69, 9.17) is 5.73 Å². The average Bonchev–Trinajstić information content (AvgIpc) is 2.96. The molecule has 4 nitrogen and oxygen atoms in total. The highest BCUT2D eigenvalue weighted by atomic mass is 32.2. The van der Waals surface area contributed by atoms with Crippen LogP contribution in [0.2, 0.25) is 0 Å². The predicted molar refractivity (Wildman–Crippen MR) is 69.1 cm³/mol. The Bertz CT molecular complexity index is 350. The van der Waals surface area contributed by atoms with E-state index in [0.29, 0.717) is 12.5 Å². The standard InChI is InChI=1S/C12H24N2O2S/c1-10(9-13)17(15,16)14-8-4-7-12(14)11-5-2-3-6-11/h10-12H,2-9,13H2,1H3. The molecule has 0 aromatic rings. The summed E-state index contributed by atoms with van der Waals surface area (Å²) in [7, 11) is -3.17. The summed E-state index contributed by atoms with van der Waals surface area (Å²) in [6.45, 7) is 2.64. The minimum absolute atomic E-state index is 0.218. The molecule has 17 heavy (non-hydrogen) atoms. The zero-order valence-electron chi connectivity index (χ0n) is 10.6. The van der Waals surface area contributed by atoms with Gasteiger partial charge in [-0.05, 0) is 38.5 Å². The zero-order chi connectivity index (χ0) is 12.5. The smallest absolute Gasteiger partial charge is 0.218 e. The Balaban J connectivity index is 2.13. The highest BCUT2D eigenvalue weighted by Crippen LogP contribution is 2.37. The van der Waals surface area contributed by atoms with Gasteiger partial charge in [-0.25, -0.2) is 8.42 Å². The van der Waals surface area contributed by atoms with Gasteiger partial charge >= 0.3 is 0 Å². The fourth-order valence-electron chi connectivity index (χ4n) is 3.25. The lowest BCUT2D eigenvalue weighted by molar-refractivity contribution is 0.286. The third-order valence-electron chi connectivity index (χ3n) is 4.36. The number of hydrogen-bond donors (Lipinski definition) is 1. The van der Waals surface area contributed by atoms with Crippen LogP contribution >= 0.6 is 0 Å². The topological polar surface area (TPSA) is 63.4 Å². The first kappa shape index (κ1) is 13.3. The number of nitrogens with zero attached hydrogens (tertiary/aromatic N) is 1. The van der Waals surface area contributed by atoms with Crippen molar-refractivity contribution in [2.75, 3.05) is 13.1 Å². The fourth-order valence-corrected chi connectivity index (χ4v) is 4.99. The van der Waals surface area contributed by atoms with Crippen LogP contribution in [-0.2, 0) is 10.0 Å². The molecule has 0 aromatic heterocycles. The molecule has 1 heterocycles. The highest BCUT2D eigenvalue weighted by Gasteiger charge is 2.41.